The van der Waals surface area contributed by atoms with Crippen LogP contribution < -0.4 is 20.1 Å². The number of nitriles is 1. The van der Waals surface area contributed by atoms with Crippen molar-refractivity contribution in [3.63, 3.8) is 0 Å². The number of benzene rings is 2. The molecule has 0 aliphatic carbocycles. The summed E-state index contributed by atoms with van der Waals surface area (Å²) in [7, 11) is 1.47. The van der Waals surface area contributed by atoms with Gasteiger partial charge in [0.15, 0.2) is 18.1 Å². The van der Waals surface area contributed by atoms with Gasteiger partial charge in [-0.3, -0.25) is 9.59 Å². The van der Waals surface area contributed by atoms with Crippen LogP contribution in [-0.4, -0.2) is 32.1 Å². The molecule has 0 saturated carbocycles. The van der Waals surface area contributed by atoms with Crippen LogP contribution in [0.25, 0.3) is 6.08 Å². The Labute approximate surface area is 169 Å². The first-order chi connectivity index (χ1) is 14.0. The highest BCUT2D eigenvalue weighted by molar-refractivity contribution is 6.09. The lowest BCUT2D eigenvalue weighted by atomic mass is 10.1. The maximum Gasteiger partial charge on any atom is 0.266 e. The molecular weight excluding hydrogens is 370 g/mol. The average molecular weight is 393 g/mol. The molecule has 0 spiro atoms. The number of hydrogen-bond acceptors (Lipinski definition) is 5. The van der Waals surface area contributed by atoms with Gasteiger partial charge in [-0.05, 0) is 49.8 Å². The molecule has 0 fully saturated rings. The largest absolute Gasteiger partial charge is 0.493 e. The molecule has 150 valence electrons. The molecule has 0 aliphatic heterocycles. The topological polar surface area (TPSA) is 100 Å². The van der Waals surface area contributed by atoms with Gasteiger partial charge < -0.3 is 20.1 Å². The van der Waals surface area contributed by atoms with E-state index >= 15 is 0 Å². The number of likely N-dealkylation sites (N-methyl/N-ethyl adjacent to an activating group) is 1. The number of ether oxygens (including phenoxy) is 2. The van der Waals surface area contributed by atoms with Gasteiger partial charge >= 0.3 is 0 Å². The number of amides is 2. The van der Waals surface area contributed by atoms with E-state index in [0.717, 1.165) is 5.56 Å². The summed E-state index contributed by atoms with van der Waals surface area (Å²) in [5, 5.41) is 14.7. The highest BCUT2D eigenvalue weighted by atomic mass is 16.5. The van der Waals surface area contributed by atoms with Gasteiger partial charge in [0.25, 0.3) is 11.8 Å². The summed E-state index contributed by atoms with van der Waals surface area (Å²) in [6, 6.07) is 14.1. The molecule has 7 nitrogen and oxygen atoms in total. The van der Waals surface area contributed by atoms with Crippen molar-refractivity contribution >= 4 is 23.6 Å². The smallest absolute Gasteiger partial charge is 0.266 e. The molecular formula is C22H23N3O4. The van der Waals surface area contributed by atoms with Crippen molar-refractivity contribution in [1.82, 2.24) is 5.32 Å². The number of rotatable bonds is 8. The Morgan fingerprint density at radius 2 is 1.86 bits per heavy atom. The Balaban J connectivity index is 2.15. The summed E-state index contributed by atoms with van der Waals surface area (Å²) < 4.78 is 10.8. The number of anilines is 1. The van der Waals surface area contributed by atoms with Crippen molar-refractivity contribution in [3.05, 3.63) is 59.2 Å². The summed E-state index contributed by atoms with van der Waals surface area (Å²) in [6.45, 7) is 4.15. The highest BCUT2D eigenvalue weighted by Crippen LogP contribution is 2.29. The number of carbonyl (C=O) groups is 2. The summed E-state index contributed by atoms with van der Waals surface area (Å²) in [5.41, 5.74) is 2.21. The number of aryl methyl sites for hydroxylation is 1. The molecule has 0 aliphatic rings. The van der Waals surface area contributed by atoms with Gasteiger partial charge in [-0.25, -0.2) is 0 Å². The molecule has 2 amide bonds. The Hall–Kier alpha value is -3.79. The van der Waals surface area contributed by atoms with Crippen molar-refractivity contribution in [2.45, 2.75) is 13.8 Å². The summed E-state index contributed by atoms with van der Waals surface area (Å²) in [4.78, 5) is 23.9. The van der Waals surface area contributed by atoms with Gasteiger partial charge in [0.2, 0.25) is 0 Å². The standard InChI is InChI=1S/C22H23N3O4/c1-4-24-21(26)14-29-19-10-7-16(12-20(19)28-3)11-17(13-23)22(27)25-18-8-5-15(2)6-9-18/h5-12H,4,14H2,1-3H3,(H,24,26)(H,25,27)/b17-11+. The van der Waals surface area contributed by atoms with Gasteiger partial charge in [0, 0.05) is 12.2 Å². The number of nitrogens with one attached hydrogen (secondary N) is 2. The number of carbonyl (C=O) groups excluding carboxylic acids is 2. The average Bonchev–Trinajstić information content (AvgIpc) is 2.72. The van der Waals surface area contributed by atoms with Crippen molar-refractivity contribution in [3.8, 4) is 17.6 Å². The van der Waals surface area contributed by atoms with E-state index in [4.69, 9.17) is 9.47 Å². The normalized spacial score (nSPS) is 10.6. The minimum absolute atomic E-state index is 0.0522. The van der Waals surface area contributed by atoms with Crippen LogP contribution in [0.2, 0.25) is 0 Å². The fraction of sp³-hybridized carbons (Fsp3) is 0.227. The van der Waals surface area contributed by atoms with E-state index in [2.05, 4.69) is 10.6 Å². The zero-order valence-corrected chi connectivity index (χ0v) is 16.6. The molecule has 29 heavy (non-hydrogen) atoms. The van der Waals surface area contributed by atoms with Crippen molar-refractivity contribution in [2.24, 2.45) is 0 Å². The van der Waals surface area contributed by atoms with Gasteiger partial charge in [0.05, 0.1) is 7.11 Å². The first-order valence-corrected chi connectivity index (χ1v) is 9.04. The van der Waals surface area contributed by atoms with E-state index in [9.17, 15) is 14.9 Å². The van der Waals surface area contributed by atoms with Crippen LogP contribution in [0.3, 0.4) is 0 Å². The summed E-state index contributed by atoms with van der Waals surface area (Å²) >= 11 is 0. The number of nitrogens with zero attached hydrogens (tertiary/aromatic N) is 1. The van der Waals surface area contributed by atoms with E-state index in [-0.39, 0.29) is 18.1 Å². The highest BCUT2D eigenvalue weighted by Gasteiger charge is 2.12. The quantitative estimate of drug-likeness (QED) is 0.530. The lowest BCUT2D eigenvalue weighted by Crippen LogP contribution is -2.28. The van der Waals surface area contributed by atoms with Crippen molar-refractivity contribution in [1.29, 1.82) is 5.26 Å². The maximum absolute atomic E-state index is 12.4. The second-order valence-corrected chi connectivity index (χ2v) is 6.14. The van der Waals surface area contributed by atoms with Crippen LogP contribution in [0.1, 0.15) is 18.1 Å². The van der Waals surface area contributed by atoms with Crippen LogP contribution in [0.5, 0.6) is 11.5 Å². The van der Waals surface area contributed by atoms with E-state index in [1.54, 1.807) is 30.3 Å². The van der Waals surface area contributed by atoms with Crippen molar-refractivity contribution in [2.75, 3.05) is 25.6 Å². The Morgan fingerprint density at radius 3 is 2.48 bits per heavy atom. The summed E-state index contributed by atoms with van der Waals surface area (Å²) in [5.74, 6) is 0.0303. The Bertz CT molecular complexity index is 944. The third kappa shape index (κ3) is 6.40. The van der Waals surface area contributed by atoms with Crippen LogP contribution in [0.15, 0.2) is 48.0 Å². The number of hydrogen-bond donors (Lipinski definition) is 2. The van der Waals surface area contributed by atoms with Crippen LogP contribution in [0, 0.1) is 18.3 Å². The second-order valence-electron chi connectivity index (χ2n) is 6.14. The fourth-order valence-electron chi connectivity index (χ4n) is 2.44. The first kappa shape index (κ1) is 21.5. The van der Waals surface area contributed by atoms with E-state index in [0.29, 0.717) is 29.3 Å². The molecule has 0 aromatic heterocycles. The molecule has 2 aromatic rings. The van der Waals surface area contributed by atoms with E-state index in [1.807, 2.05) is 32.0 Å². The maximum atomic E-state index is 12.4. The molecule has 2 N–H and O–H groups in total. The fourth-order valence-corrected chi connectivity index (χ4v) is 2.44. The molecule has 0 unspecified atom stereocenters. The molecule has 7 heteroatoms. The third-order valence-electron chi connectivity index (χ3n) is 3.91. The van der Waals surface area contributed by atoms with Gasteiger partial charge in [-0.1, -0.05) is 23.8 Å². The lowest BCUT2D eigenvalue weighted by Gasteiger charge is -2.11. The predicted molar refractivity (Wildman–Crippen MR) is 111 cm³/mol. The van der Waals surface area contributed by atoms with Crippen LogP contribution in [0.4, 0.5) is 5.69 Å². The third-order valence-corrected chi connectivity index (χ3v) is 3.91. The van der Waals surface area contributed by atoms with Crippen molar-refractivity contribution < 1.29 is 19.1 Å². The van der Waals surface area contributed by atoms with E-state index in [1.165, 1.54) is 13.2 Å². The van der Waals surface area contributed by atoms with Gasteiger partial charge in [-0.2, -0.15) is 5.26 Å². The number of methoxy groups -OCH3 is 1. The molecule has 2 rings (SSSR count). The molecule has 2 aromatic carbocycles. The molecule has 0 radical (unpaired) electrons. The van der Waals surface area contributed by atoms with Crippen LogP contribution >= 0.6 is 0 Å². The monoisotopic (exact) mass is 393 g/mol. The molecule has 0 atom stereocenters. The minimum atomic E-state index is -0.508. The lowest BCUT2D eigenvalue weighted by molar-refractivity contribution is -0.123. The molecule has 0 bridgehead atoms. The van der Waals surface area contributed by atoms with Crippen LogP contribution in [-0.2, 0) is 9.59 Å². The Morgan fingerprint density at radius 1 is 1.14 bits per heavy atom. The molecule has 0 saturated heterocycles. The van der Waals surface area contributed by atoms with Gasteiger partial charge in [-0.15, -0.1) is 0 Å². The van der Waals surface area contributed by atoms with E-state index < -0.39 is 5.91 Å². The second kappa shape index (κ2) is 10.5. The molecule has 0 heterocycles. The zero-order chi connectivity index (χ0) is 21.2. The zero-order valence-electron chi connectivity index (χ0n) is 16.6. The first-order valence-electron chi connectivity index (χ1n) is 9.04. The Kier molecular flexibility index (Phi) is 7.80. The SMILES string of the molecule is CCNC(=O)COc1ccc(/C=C(\C#N)C(=O)Nc2ccc(C)cc2)cc1OC. The summed E-state index contributed by atoms with van der Waals surface area (Å²) in [6.07, 6.45) is 1.46. The van der Waals surface area contributed by atoms with Gasteiger partial charge in [0.1, 0.15) is 11.6 Å². The predicted octanol–water partition coefficient (Wildman–Crippen LogP) is 3.06. The minimum Gasteiger partial charge on any atom is -0.493 e.